The number of benzene rings is 1. The van der Waals surface area contributed by atoms with Crippen molar-refractivity contribution in [3.8, 4) is 5.69 Å². The molecule has 0 bridgehead atoms. The zero-order valence-electron chi connectivity index (χ0n) is 10.2. The van der Waals surface area contributed by atoms with Gasteiger partial charge >= 0.3 is 0 Å². The second-order valence-corrected chi connectivity index (χ2v) is 5.43. The monoisotopic (exact) mass is 310 g/mol. The van der Waals surface area contributed by atoms with Gasteiger partial charge in [-0.25, -0.2) is 0 Å². The van der Waals surface area contributed by atoms with E-state index in [0.717, 1.165) is 21.4 Å². The Labute approximate surface area is 115 Å². The summed E-state index contributed by atoms with van der Waals surface area (Å²) >= 11 is 9.00. The molecule has 0 aliphatic rings. The molecule has 1 N–H and O–H groups in total. The number of nitrogens with one attached hydrogen (secondary N) is 1. The van der Waals surface area contributed by atoms with E-state index in [1.54, 1.807) is 0 Å². The van der Waals surface area contributed by atoms with Gasteiger partial charge in [-0.2, -0.15) is 0 Å². The fourth-order valence-electron chi connectivity index (χ4n) is 2.10. The van der Waals surface area contributed by atoms with Crippen molar-refractivity contribution in [3.05, 3.63) is 44.4 Å². The molecule has 2 aromatic rings. The van der Waals surface area contributed by atoms with Crippen LogP contribution in [0.5, 0.6) is 0 Å². The number of hydrogen-bond acceptors (Lipinski definition) is 1. The van der Waals surface area contributed by atoms with Crippen LogP contribution >= 0.6 is 28.1 Å². The maximum absolute atomic E-state index is 5.36. The second kappa shape index (κ2) is 4.78. The van der Waals surface area contributed by atoms with E-state index in [9.17, 15) is 0 Å². The van der Waals surface area contributed by atoms with Crippen LogP contribution < -0.4 is 0 Å². The van der Waals surface area contributed by atoms with Crippen LogP contribution in [0.2, 0.25) is 0 Å². The lowest BCUT2D eigenvalue weighted by Crippen LogP contribution is -2.03. The van der Waals surface area contributed by atoms with Gasteiger partial charge in [0.25, 0.3) is 0 Å². The van der Waals surface area contributed by atoms with Crippen molar-refractivity contribution >= 4 is 28.1 Å². The number of aromatic amines is 1. The minimum Gasteiger partial charge on any atom is -0.337 e. The highest BCUT2D eigenvalue weighted by molar-refractivity contribution is 9.10. The zero-order valence-corrected chi connectivity index (χ0v) is 12.6. The van der Waals surface area contributed by atoms with Crippen molar-refractivity contribution in [2.45, 2.75) is 27.2 Å². The van der Waals surface area contributed by atoms with Crippen molar-refractivity contribution in [1.29, 1.82) is 0 Å². The fraction of sp³-hybridized carbons (Fsp3) is 0.308. The molecule has 0 atom stereocenters. The predicted octanol–water partition coefficient (Wildman–Crippen LogP) is 4.48. The summed E-state index contributed by atoms with van der Waals surface area (Å²) in [5, 5.41) is 0. The number of halogens is 1. The standard InChI is InChI=1S/C13H15BrN2S/c1-4-10-7-15-13(17)16(10)12-9(3)5-8(2)6-11(12)14/h5-7H,4H2,1-3H3,(H,15,17). The molecular weight excluding hydrogens is 296 g/mol. The van der Waals surface area contributed by atoms with Crippen LogP contribution in [0.25, 0.3) is 5.69 Å². The molecule has 0 spiro atoms. The Morgan fingerprint density at radius 2 is 2.06 bits per heavy atom. The zero-order chi connectivity index (χ0) is 12.6. The molecule has 0 radical (unpaired) electrons. The number of aromatic nitrogens is 2. The first-order valence-electron chi connectivity index (χ1n) is 5.61. The molecule has 17 heavy (non-hydrogen) atoms. The quantitative estimate of drug-likeness (QED) is 0.811. The van der Waals surface area contributed by atoms with E-state index in [-0.39, 0.29) is 0 Å². The van der Waals surface area contributed by atoms with Crippen LogP contribution in [0.4, 0.5) is 0 Å². The van der Waals surface area contributed by atoms with Gasteiger partial charge in [0.15, 0.2) is 4.77 Å². The molecule has 0 fully saturated rings. The topological polar surface area (TPSA) is 20.7 Å². The van der Waals surface area contributed by atoms with E-state index in [1.165, 1.54) is 16.8 Å². The summed E-state index contributed by atoms with van der Waals surface area (Å²) in [7, 11) is 0. The highest BCUT2D eigenvalue weighted by Gasteiger charge is 2.11. The van der Waals surface area contributed by atoms with E-state index in [0.29, 0.717) is 0 Å². The first-order valence-corrected chi connectivity index (χ1v) is 6.81. The number of aryl methyl sites for hydroxylation is 3. The lowest BCUT2D eigenvalue weighted by molar-refractivity contribution is 0.909. The maximum Gasteiger partial charge on any atom is 0.182 e. The third-order valence-corrected chi connectivity index (χ3v) is 3.74. The van der Waals surface area contributed by atoms with Crippen molar-refractivity contribution < 1.29 is 0 Å². The van der Waals surface area contributed by atoms with Crippen molar-refractivity contribution in [1.82, 2.24) is 9.55 Å². The van der Waals surface area contributed by atoms with Gasteiger partial charge in [-0.1, -0.05) is 13.0 Å². The number of hydrogen-bond donors (Lipinski definition) is 1. The van der Waals surface area contributed by atoms with Gasteiger partial charge in [-0.15, -0.1) is 0 Å². The molecule has 1 heterocycles. The Morgan fingerprint density at radius 3 is 2.65 bits per heavy atom. The molecule has 0 aliphatic carbocycles. The summed E-state index contributed by atoms with van der Waals surface area (Å²) in [5.74, 6) is 0. The SMILES string of the molecule is CCc1c[nH]c(=S)n1-c1c(C)cc(C)cc1Br. The highest BCUT2D eigenvalue weighted by atomic mass is 79.9. The molecule has 0 unspecified atom stereocenters. The van der Waals surface area contributed by atoms with E-state index >= 15 is 0 Å². The molecule has 2 rings (SSSR count). The third kappa shape index (κ3) is 2.24. The number of H-pyrrole nitrogens is 1. The Kier molecular flexibility index (Phi) is 3.54. The van der Waals surface area contributed by atoms with Gasteiger partial charge in [0.2, 0.25) is 0 Å². The van der Waals surface area contributed by atoms with Gasteiger partial charge in [-0.3, -0.25) is 4.57 Å². The molecule has 1 aromatic carbocycles. The van der Waals surface area contributed by atoms with Gasteiger partial charge in [0.05, 0.1) is 5.69 Å². The first kappa shape index (κ1) is 12.6. The Bertz CT molecular complexity index is 587. The van der Waals surface area contributed by atoms with Crippen LogP contribution in [-0.2, 0) is 6.42 Å². The average Bonchev–Trinajstić information content (AvgIpc) is 2.59. The van der Waals surface area contributed by atoms with Crippen LogP contribution in [0.3, 0.4) is 0 Å². The fourth-order valence-corrected chi connectivity index (χ4v) is 3.22. The highest BCUT2D eigenvalue weighted by Crippen LogP contribution is 2.28. The molecule has 1 aromatic heterocycles. The van der Waals surface area contributed by atoms with Crippen molar-refractivity contribution in [2.75, 3.05) is 0 Å². The summed E-state index contributed by atoms with van der Waals surface area (Å²) in [6.45, 7) is 6.34. The minimum absolute atomic E-state index is 0.745. The van der Waals surface area contributed by atoms with Crippen molar-refractivity contribution in [2.24, 2.45) is 0 Å². The van der Waals surface area contributed by atoms with Crippen LogP contribution in [0.15, 0.2) is 22.8 Å². The predicted molar refractivity (Wildman–Crippen MR) is 77.5 cm³/mol. The number of rotatable bonds is 2. The van der Waals surface area contributed by atoms with Crippen LogP contribution in [-0.4, -0.2) is 9.55 Å². The molecule has 2 nitrogen and oxygen atoms in total. The maximum atomic E-state index is 5.36. The first-order chi connectivity index (χ1) is 8.04. The van der Waals surface area contributed by atoms with Gasteiger partial charge in [0, 0.05) is 16.4 Å². The summed E-state index contributed by atoms with van der Waals surface area (Å²) in [5.41, 5.74) is 4.81. The molecule has 4 heteroatoms. The number of nitrogens with zero attached hydrogens (tertiary/aromatic N) is 1. The largest absolute Gasteiger partial charge is 0.337 e. The molecule has 0 amide bonds. The smallest absolute Gasteiger partial charge is 0.182 e. The van der Waals surface area contributed by atoms with Crippen molar-refractivity contribution in [3.63, 3.8) is 0 Å². The van der Waals surface area contributed by atoms with Gasteiger partial charge in [-0.05, 0) is 65.6 Å². The van der Waals surface area contributed by atoms with Crippen LogP contribution in [0, 0.1) is 18.6 Å². The van der Waals surface area contributed by atoms with Crippen LogP contribution in [0.1, 0.15) is 23.7 Å². The normalized spacial score (nSPS) is 10.8. The Hall–Kier alpha value is -0.870. The number of imidazole rings is 1. The van der Waals surface area contributed by atoms with E-state index < -0.39 is 0 Å². The molecular formula is C13H15BrN2S. The van der Waals surface area contributed by atoms with E-state index in [4.69, 9.17) is 12.2 Å². The second-order valence-electron chi connectivity index (χ2n) is 4.19. The summed E-state index contributed by atoms with van der Waals surface area (Å²) in [6.07, 6.45) is 2.93. The third-order valence-electron chi connectivity index (χ3n) is 2.84. The van der Waals surface area contributed by atoms with Gasteiger partial charge < -0.3 is 4.98 Å². The Morgan fingerprint density at radius 1 is 1.35 bits per heavy atom. The minimum atomic E-state index is 0.745. The lowest BCUT2D eigenvalue weighted by atomic mass is 10.1. The summed E-state index contributed by atoms with van der Waals surface area (Å²) in [4.78, 5) is 3.11. The molecule has 0 saturated carbocycles. The summed E-state index contributed by atoms with van der Waals surface area (Å²) < 4.78 is 3.93. The molecule has 0 aliphatic heterocycles. The van der Waals surface area contributed by atoms with Gasteiger partial charge in [0.1, 0.15) is 0 Å². The van der Waals surface area contributed by atoms with E-state index in [2.05, 4.69) is 58.4 Å². The lowest BCUT2D eigenvalue weighted by Gasteiger charge is -2.13. The molecule has 0 saturated heterocycles. The summed E-state index contributed by atoms with van der Waals surface area (Å²) in [6, 6.07) is 4.30. The molecule has 90 valence electrons. The van der Waals surface area contributed by atoms with E-state index in [1.807, 2.05) is 6.20 Å². The average molecular weight is 311 g/mol. The Balaban J connectivity index is 2.77.